The van der Waals surface area contributed by atoms with Crippen LogP contribution in [0.3, 0.4) is 0 Å². The third kappa shape index (κ3) is 1.35. The van der Waals surface area contributed by atoms with E-state index in [0.29, 0.717) is 0 Å². The highest BCUT2D eigenvalue weighted by atomic mass is 32.2. The maximum absolute atomic E-state index is 3.24. The molecule has 0 unspecified atom stereocenters. The Morgan fingerprint density at radius 2 is 2.57 bits per heavy atom. The topological polar surface area (TPSA) is 12.0 Å². The second kappa shape index (κ2) is 2.58. The summed E-state index contributed by atoms with van der Waals surface area (Å²) in [6, 6.07) is 0.810. The molecule has 0 spiro atoms. The minimum atomic E-state index is 0.810. The summed E-state index contributed by atoms with van der Waals surface area (Å²) in [5, 5.41) is 3.24. The molecule has 0 bridgehead atoms. The van der Waals surface area contributed by atoms with E-state index in [4.69, 9.17) is 0 Å². The summed E-state index contributed by atoms with van der Waals surface area (Å²) in [4.78, 5) is 0. The first kappa shape index (κ1) is 5.45. The van der Waals surface area contributed by atoms with E-state index >= 15 is 0 Å². The summed E-state index contributed by atoms with van der Waals surface area (Å²) in [6.45, 7) is 0. The van der Waals surface area contributed by atoms with Crippen LogP contribution in [-0.2, 0) is 0 Å². The molecule has 0 aliphatic carbocycles. The molecule has 1 rings (SSSR count). The molecule has 1 aliphatic heterocycles. The van der Waals surface area contributed by atoms with Crippen LogP contribution in [0.25, 0.3) is 0 Å². The molecular formula is C5H11NS. The lowest BCUT2D eigenvalue weighted by Gasteiger charge is -2.02. The number of hydrogen-bond acceptors (Lipinski definition) is 2. The Balaban J connectivity index is 2.14. The lowest BCUT2D eigenvalue weighted by molar-refractivity contribution is 0.624. The molecule has 0 aromatic carbocycles. The molecule has 1 nitrogen and oxygen atoms in total. The first-order valence-electron chi connectivity index (χ1n) is 2.68. The van der Waals surface area contributed by atoms with Crippen molar-refractivity contribution in [2.75, 3.05) is 18.6 Å². The van der Waals surface area contributed by atoms with Crippen molar-refractivity contribution >= 4 is 11.8 Å². The molecule has 1 fully saturated rings. The largest absolute Gasteiger partial charge is 0.316 e. The molecule has 1 aliphatic rings. The maximum Gasteiger partial charge on any atom is 0.0163 e. The van der Waals surface area contributed by atoms with Crippen LogP contribution in [-0.4, -0.2) is 24.6 Å². The molecular weight excluding hydrogens is 106 g/mol. The molecule has 1 atom stereocenters. The molecule has 1 saturated heterocycles. The Hall–Kier alpha value is 0.310. The van der Waals surface area contributed by atoms with Gasteiger partial charge in [-0.2, -0.15) is 11.8 Å². The van der Waals surface area contributed by atoms with Gasteiger partial charge in [0.25, 0.3) is 0 Å². The summed E-state index contributed by atoms with van der Waals surface area (Å²) >= 11 is 2.04. The Labute approximate surface area is 48.9 Å². The van der Waals surface area contributed by atoms with Crippen LogP contribution in [0.4, 0.5) is 0 Å². The fourth-order valence-electron chi connectivity index (χ4n) is 0.762. The summed E-state index contributed by atoms with van der Waals surface area (Å²) in [5.41, 5.74) is 0. The Kier molecular flexibility index (Phi) is 2.00. The van der Waals surface area contributed by atoms with Crippen LogP contribution < -0.4 is 5.32 Å². The average Bonchev–Trinajstić information content (AvgIpc) is 2.14. The van der Waals surface area contributed by atoms with Crippen molar-refractivity contribution in [3.05, 3.63) is 0 Å². The SMILES string of the molecule is CN[C@H]1CCSC1. The van der Waals surface area contributed by atoms with Crippen LogP contribution in [0, 0.1) is 0 Å². The van der Waals surface area contributed by atoms with Gasteiger partial charge >= 0.3 is 0 Å². The number of nitrogens with one attached hydrogen (secondary N) is 1. The second-order valence-electron chi connectivity index (χ2n) is 1.85. The summed E-state index contributed by atoms with van der Waals surface area (Å²) < 4.78 is 0. The second-order valence-corrected chi connectivity index (χ2v) is 3.00. The normalized spacial score (nSPS) is 31.3. The fourth-order valence-corrected chi connectivity index (χ4v) is 2.00. The van der Waals surface area contributed by atoms with Gasteiger partial charge in [-0.05, 0) is 19.2 Å². The molecule has 1 N–H and O–H groups in total. The highest BCUT2D eigenvalue weighted by Gasteiger charge is 2.11. The molecule has 0 aromatic rings. The highest BCUT2D eigenvalue weighted by Crippen LogP contribution is 2.15. The third-order valence-electron chi connectivity index (χ3n) is 1.34. The minimum Gasteiger partial charge on any atom is -0.316 e. The van der Waals surface area contributed by atoms with E-state index in [9.17, 15) is 0 Å². The van der Waals surface area contributed by atoms with Gasteiger partial charge in [-0.25, -0.2) is 0 Å². The van der Waals surface area contributed by atoms with Gasteiger partial charge in [0, 0.05) is 11.8 Å². The van der Waals surface area contributed by atoms with E-state index in [1.165, 1.54) is 17.9 Å². The van der Waals surface area contributed by atoms with Crippen LogP contribution in [0.5, 0.6) is 0 Å². The summed E-state index contributed by atoms with van der Waals surface area (Å²) in [7, 11) is 2.04. The zero-order valence-electron chi connectivity index (χ0n) is 4.61. The standard InChI is InChI=1S/C5H11NS/c1-6-5-2-3-7-4-5/h5-6H,2-4H2,1H3/t5-/m0/s1. The molecule has 7 heavy (non-hydrogen) atoms. The molecule has 0 aromatic heterocycles. The van der Waals surface area contributed by atoms with Crippen molar-refractivity contribution in [2.45, 2.75) is 12.5 Å². The highest BCUT2D eigenvalue weighted by molar-refractivity contribution is 7.99. The average molecular weight is 117 g/mol. The van der Waals surface area contributed by atoms with Gasteiger partial charge in [0.15, 0.2) is 0 Å². The van der Waals surface area contributed by atoms with Gasteiger partial charge in [0.2, 0.25) is 0 Å². The molecule has 1 heterocycles. The van der Waals surface area contributed by atoms with Crippen LogP contribution in [0.15, 0.2) is 0 Å². The summed E-state index contributed by atoms with van der Waals surface area (Å²) in [5.74, 6) is 2.67. The van der Waals surface area contributed by atoms with Gasteiger partial charge < -0.3 is 5.32 Å². The molecule has 42 valence electrons. The zero-order chi connectivity index (χ0) is 5.11. The predicted octanol–water partition coefficient (Wildman–Crippen LogP) is 0.711. The van der Waals surface area contributed by atoms with Gasteiger partial charge in [-0.15, -0.1) is 0 Å². The molecule has 0 amide bonds. The Bertz CT molecular complexity index is 50.0. The molecule has 2 heteroatoms. The smallest absolute Gasteiger partial charge is 0.0163 e. The zero-order valence-corrected chi connectivity index (χ0v) is 5.42. The van der Waals surface area contributed by atoms with Gasteiger partial charge in [0.05, 0.1) is 0 Å². The molecule has 0 radical (unpaired) electrons. The van der Waals surface area contributed by atoms with Crippen molar-refractivity contribution in [1.29, 1.82) is 0 Å². The lowest BCUT2D eigenvalue weighted by Crippen LogP contribution is -2.23. The Morgan fingerprint density at radius 3 is 2.86 bits per heavy atom. The number of thioether (sulfide) groups is 1. The first-order chi connectivity index (χ1) is 3.43. The van der Waals surface area contributed by atoms with Crippen molar-refractivity contribution in [1.82, 2.24) is 5.32 Å². The van der Waals surface area contributed by atoms with Gasteiger partial charge in [-0.1, -0.05) is 0 Å². The Morgan fingerprint density at radius 1 is 1.71 bits per heavy atom. The molecule has 0 saturated carbocycles. The van der Waals surface area contributed by atoms with E-state index < -0.39 is 0 Å². The third-order valence-corrected chi connectivity index (χ3v) is 2.50. The van der Waals surface area contributed by atoms with Gasteiger partial charge in [0.1, 0.15) is 0 Å². The van der Waals surface area contributed by atoms with E-state index in [1.54, 1.807) is 0 Å². The van der Waals surface area contributed by atoms with Gasteiger partial charge in [-0.3, -0.25) is 0 Å². The van der Waals surface area contributed by atoms with E-state index in [2.05, 4.69) is 5.32 Å². The predicted molar refractivity (Wildman–Crippen MR) is 34.8 cm³/mol. The lowest BCUT2D eigenvalue weighted by atomic mass is 10.3. The maximum atomic E-state index is 3.24. The van der Waals surface area contributed by atoms with E-state index in [1.807, 2.05) is 18.8 Å². The van der Waals surface area contributed by atoms with Crippen molar-refractivity contribution in [3.63, 3.8) is 0 Å². The quantitative estimate of drug-likeness (QED) is 0.543. The first-order valence-corrected chi connectivity index (χ1v) is 3.84. The number of hydrogen-bond donors (Lipinski definition) is 1. The van der Waals surface area contributed by atoms with E-state index in [0.717, 1.165) is 6.04 Å². The van der Waals surface area contributed by atoms with E-state index in [-0.39, 0.29) is 0 Å². The minimum absolute atomic E-state index is 0.810. The monoisotopic (exact) mass is 117 g/mol. The van der Waals surface area contributed by atoms with Crippen molar-refractivity contribution in [2.24, 2.45) is 0 Å². The summed E-state index contributed by atoms with van der Waals surface area (Å²) in [6.07, 6.45) is 1.36. The fraction of sp³-hybridized carbons (Fsp3) is 1.00. The van der Waals surface area contributed by atoms with Crippen molar-refractivity contribution in [3.8, 4) is 0 Å². The number of rotatable bonds is 1. The van der Waals surface area contributed by atoms with Crippen LogP contribution in [0.2, 0.25) is 0 Å². The van der Waals surface area contributed by atoms with Crippen LogP contribution >= 0.6 is 11.8 Å². The van der Waals surface area contributed by atoms with Crippen LogP contribution in [0.1, 0.15) is 6.42 Å². The van der Waals surface area contributed by atoms with Crippen molar-refractivity contribution < 1.29 is 0 Å².